The topological polar surface area (TPSA) is 73.9 Å². The highest BCUT2D eigenvalue weighted by molar-refractivity contribution is 7.89. The first-order valence-electron chi connectivity index (χ1n) is 9.54. The van der Waals surface area contributed by atoms with E-state index in [1.165, 1.54) is 0 Å². The molecule has 0 bridgehead atoms. The molecule has 0 spiro atoms. The first-order chi connectivity index (χ1) is 13.4. The summed E-state index contributed by atoms with van der Waals surface area (Å²) in [5, 5.41) is 0. The predicted molar refractivity (Wildman–Crippen MR) is 111 cm³/mol. The summed E-state index contributed by atoms with van der Waals surface area (Å²) in [4.78, 5) is 0.193. The third-order valence-corrected chi connectivity index (χ3v) is 7.09. The maximum absolute atomic E-state index is 13.1. The van der Waals surface area contributed by atoms with E-state index in [1.54, 1.807) is 43.5 Å². The average molecular weight is 420 g/mol. The number of hydrogen-bond donors (Lipinski definition) is 1. The highest BCUT2D eigenvalue weighted by Gasteiger charge is 2.52. The fraction of sp³-hybridized carbons (Fsp3) is 0.455. The number of benzene rings is 2. The molecule has 1 atom stereocenters. The Morgan fingerprint density at radius 3 is 1.93 bits per heavy atom. The van der Waals surface area contributed by atoms with Crippen molar-refractivity contribution in [2.24, 2.45) is 0 Å². The van der Waals surface area contributed by atoms with Crippen LogP contribution in [0, 0.1) is 6.92 Å². The van der Waals surface area contributed by atoms with Gasteiger partial charge in [0, 0.05) is 0 Å². The maximum Gasteiger partial charge on any atom is 0.241 e. The summed E-state index contributed by atoms with van der Waals surface area (Å²) < 4.78 is 46.5. The van der Waals surface area contributed by atoms with Gasteiger partial charge in [-0.15, -0.1) is 0 Å². The Morgan fingerprint density at radius 2 is 1.45 bits per heavy atom. The molecule has 158 valence electrons. The van der Waals surface area contributed by atoms with E-state index in [9.17, 15) is 8.42 Å². The minimum Gasteiger partial charge on any atom is -0.497 e. The second-order valence-corrected chi connectivity index (χ2v) is 10.0. The molecule has 1 saturated heterocycles. The second kappa shape index (κ2) is 7.72. The number of methoxy groups -OCH3 is 1. The SMILES string of the molecule is COc1ccc([C@@H](NS(=O)(=O)c2ccc(C)cc2)C2OC(C)(C)C(C)(C)O2)cc1. The van der Waals surface area contributed by atoms with Crippen LogP contribution in [0.2, 0.25) is 0 Å². The maximum atomic E-state index is 13.1. The van der Waals surface area contributed by atoms with Crippen LogP contribution in [0.3, 0.4) is 0 Å². The fourth-order valence-electron chi connectivity index (χ4n) is 3.07. The molecular weight excluding hydrogens is 390 g/mol. The summed E-state index contributed by atoms with van der Waals surface area (Å²) in [5.74, 6) is 0.683. The van der Waals surface area contributed by atoms with E-state index in [4.69, 9.17) is 14.2 Å². The molecule has 1 N–H and O–H groups in total. The third kappa shape index (κ3) is 4.48. The summed E-state index contributed by atoms with van der Waals surface area (Å²) in [6, 6.07) is 13.2. The molecule has 0 amide bonds. The zero-order valence-corrected chi connectivity index (χ0v) is 18.5. The summed E-state index contributed by atoms with van der Waals surface area (Å²) in [7, 11) is -2.21. The van der Waals surface area contributed by atoms with Crippen molar-refractivity contribution in [3.8, 4) is 5.75 Å². The van der Waals surface area contributed by atoms with Crippen molar-refractivity contribution >= 4 is 10.0 Å². The molecule has 1 aliphatic heterocycles. The van der Waals surface area contributed by atoms with Gasteiger partial charge in [0.25, 0.3) is 0 Å². The Labute approximate surface area is 173 Å². The van der Waals surface area contributed by atoms with Crippen LogP contribution in [0.5, 0.6) is 5.75 Å². The van der Waals surface area contributed by atoms with E-state index >= 15 is 0 Å². The molecule has 0 aliphatic carbocycles. The van der Waals surface area contributed by atoms with Gasteiger partial charge in [-0.2, -0.15) is 4.72 Å². The lowest BCUT2D eigenvalue weighted by molar-refractivity contribution is -0.105. The lowest BCUT2D eigenvalue weighted by Crippen LogP contribution is -2.41. The lowest BCUT2D eigenvalue weighted by atomic mass is 9.90. The van der Waals surface area contributed by atoms with Gasteiger partial charge in [-0.05, 0) is 64.4 Å². The Hall–Kier alpha value is -1.93. The van der Waals surface area contributed by atoms with Gasteiger partial charge in [0.2, 0.25) is 10.0 Å². The van der Waals surface area contributed by atoms with Gasteiger partial charge >= 0.3 is 0 Å². The average Bonchev–Trinajstić information content (AvgIpc) is 2.87. The fourth-order valence-corrected chi connectivity index (χ4v) is 4.28. The Bertz CT molecular complexity index is 934. The second-order valence-electron chi connectivity index (χ2n) is 8.31. The van der Waals surface area contributed by atoms with E-state index in [-0.39, 0.29) is 4.90 Å². The van der Waals surface area contributed by atoms with E-state index in [0.717, 1.165) is 11.1 Å². The van der Waals surface area contributed by atoms with E-state index in [2.05, 4.69) is 4.72 Å². The lowest BCUT2D eigenvalue weighted by Gasteiger charge is -2.30. The molecule has 2 aromatic rings. The number of nitrogens with one attached hydrogen (secondary N) is 1. The molecule has 0 aromatic heterocycles. The van der Waals surface area contributed by atoms with Crippen molar-refractivity contribution in [3.05, 3.63) is 59.7 Å². The quantitative estimate of drug-likeness (QED) is 0.767. The summed E-state index contributed by atoms with van der Waals surface area (Å²) in [6.45, 7) is 9.66. The van der Waals surface area contributed by atoms with E-state index in [0.29, 0.717) is 5.75 Å². The highest BCUT2D eigenvalue weighted by Crippen LogP contribution is 2.42. The van der Waals surface area contributed by atoms with Crippen molar-refractivity contribution in [1.29, 1.82) is 0 Å². The van der Waals surface area contributed by atoms with Crippen molar-refractivity contribution in [2.75, 3.05) is 7.11 Å². The standard InChI is InChI=1S/C22H29NO5S/c1-15-7-13-18(14-8-15)29(24,25)23-19(16-9-11-17(26-6)12-10-16)20-27-21(2,3)22(4,5)28-20/h7-14,19-20,23H,1-6H3/t19-/m1/s1. The Morgan fingerprint density at radius 1 is 0.931 bits per heavy atom. The largest absolute Gasteiger partial charge is 0.497 e. The summed E-state index contributed by atoms with van der Waals surface area (Å²) in [6.07, 6.45) is -0.784. The number of aryl methyl sites for hydroxylation is 1. The van der Waals surface area contributed by atoms with E-state index < -0.39 is 33.6 Å². The minimum absolute atomic E-state index is 0.193. The summed E-state index contributed by atoms with van der Waals surface area (Å²) in [5.41, 5.74) is 0.539. The number of ether oxygens (including phenoxy) is 3. The smallest absolute Gasteiger partial charge is 0.241 e. The zero-order chi connectivity index (χ0) is 21.4. The number of rotatable bonds is 6. The Balaban J connectivity index is 1.98. The van der Waals surface area contributed by atoms with Crippen LogP contribution >= 0.6 is 0 Å². The van der Waals surface area contributed by atoms with Crippen molar-refractivity contribution in [3.63, 3.8) is 0 Å². The molecule has 0 radical (unpaired) electrons. The molecule has 2 aromatic carbocycles. The third-order valence-electron chi connectivity index (χ3n) is 5.63. The van der Waals surface area contributed by atoms with Crippen LogP contribution < -0.4 is 9.46 Å². The van der Waals surface area contributed by atoms with Gasteiger partial charge in [0.1, 0.15) is 5.75 Å². The van der Waals surface area contributed by atoms with Crippen molar-refractivity contribution < 1.29 is 22.6 Å². The highest BCUT2D eigenvalue weighted by atomic mass is 32.2. The first-order valence-corrected chi connectivity index (χ1v) is 11.0. The number of sulfonamides is 1. The number of hydrogen-bond acceptors (Lipinski definition) is 5. The van der Waals surface area contributed by atoms with Crippen LogP contribution in [0.15, 0.2) is 53.4 Å². The van der Waals surface area contributed by atoms with E-state index in [1.807, 2.05) is 46.8 Å². The van der Waals surface area contributed by atoms with Gasteiger partial charge in [-0.25, -0.2) is 8.42 Å². The van der Waals surface area contributed by atoms with Gasteiger partial charge in [0.05, 0.1) is 29.2 Å². The van der Waals surface area contributed by atoms with Crippen LogP contribution in [0.1, 0.15) is 44.9 Å². The molecule has 1 fully saturated rings. The van der Waals surface area contributed by atoms with Gasteiger partial charge in [-0.1, -0.05) is 29.8 Å². The molecule has 1 heterocycles. The van der Waals surface area contributed by atoms with Crippen LogP contribution in [0.25, 0.3) is 0 Å². The molecular formula is C22H29NO5S. The molecule has 0 unspecified atom stereocenters. The molecule has 29 heavy (non-hydrogen) atoms. The van der Waals surface area contributed by atoms with Crippen molar-refractivity contribution in [1.82, 2.24) is 4.72 Å². The van der Waals surface area contributed by atoms with Gasteiger partial charge < -0.3 is 14.2 Å². The normalized spacial score (nSPS) is 19.8. The minimum atomic E-state index is -3.79. The molecule has 3 rings (SSSR count). The zero-order valence-electron chi connectivity index (χ0n) is 17.7. The van der Waals surface area contributed by atoms with Gasteiger partial charge in [-0.3, -0.25) is 0 Å². The molecule has 0 saturated carbocycles. The molecule has 7 heteroatoms. The van der Waals surface area contributed by atoms with Crippen LogP contribution in [-0.2, 0) is 19.5 Å². The summed E-state index contributed by atoms with van der Waals surface area (Å²) >= 11 is 0. The predicted octanol–water partition coefficient (Wildman–Crippen LogP) is 3.95. The van der Waals surface area contributed by atoms with Gasteiger partial charge in [0.15, 0.2) is 6.29 Å². The molecule has 1 aliphatic rings. The molecule has 6 nitrogen and oxygen atoms in total. The van der Waals surface area contributed by atoms with Crippen molar-refractivity contribution in [2.45, 2.75) is 63.0 Å². The van der Waals surface area contributed by atoms with Crippen LogP contribution in [0.4, 0.5) is 0 Å². The van der Waals surface area contributed by atoms with Crippen LogP contribution in [-0.4, -0.2) is 33.0 Å². The monoisotopic (exact) mass is 419 g/mol. The first kappa shape index (κ1) is 21.8. The Kier molecular flexibility index (Phi) is 5.80.